The van der Waals surface area contributed by atoms with Crippen LogP contribution in [0.4, 0.5) is 40.2 Å². The minimum atomic E-state index is -1.14. The van der Waals surface area contributed by atoms with Crippen molar-refractivity contribution in [1.29, 1.82) is 0 Å². The number of piperazine rings is 1. The monoisotopic (exact) mass is 640 g/mol. The average Bonchev–Trinajstić information content (AvgIpc) is 3.04. The summed E-state index contributed by atoms with van der Waals surface area (Å²) in [5.41, 5.74) is 3.56. The van der Waals surface area contributed by atoms with Crippen molar-refractivity contribution in [1.82, 2.24) is 14.9 Å². The maximum atomic E-state index is 13.6. The van der Waals surface area contributed by atoms with Crippen LogP contribution in [0.1, 0.15) is 26.3 Å². The Kier molecular flexibility index (Phi) is 9.79. The Morgan fingerprint density at radius 1 is 0.957 bits per heavy atom. The molecule has 0 saturated carbocycles. The maximum absolute atomic E-state index is 13.6. The van der Waals surface area contributed by atoms with E-state index in [1.165, 1.54) is 18.3 Å². The standard InChI is InChI=1S/C33H33ClN8O4/c1-4-28(43)37-26-7-5-6-8-27(26)38-30-24(31(44)39-29-20(2)17-21(32(45)46)18-25(29)34)19-35-33(40-30)36-22-9-11-23(12-10-22)42-15-13-41(3)14-16-42/h4-12,17-19H,1,13-16H2,2-3H3,(H,37,43)(H,39,44)(H,45,46)(H2,35,36,38,40). The fourth-order valence-corrected chi connectivity index (χ4v) is 5.19. The van der Waals surface area contributed by atoms with Crippen LogP contribution in [0.15, 0.2) is 79.5 Å². The molecule has 1 aliphatic rings. The molecule has 12 nitrogen and oxygen atoms in total. The number of aryl methyl sites for hydroxylation is 1. The molecule has 46 heavy (non-hydrogen) atoms. The largest absolute Gasteiger partial charge is 0.478 e. The zero-order valence-corrected chi connectivity index (χ0v) is 26.1. The lowest BCUT2D eigenvalue weighted by molar-refractivity contribution is -0.111. The molecule has 0 spiro atoms. The van der Waals surface area contributed by atoms with Gasteiger partial charge < -0.3 is 36.2 Å². The van der Waals surface area contributed by atoms with Gasteiger partial charge in [-0.05, 0) is 74.1 Å². The van der Waals surface area contributed by atoms with E-state index in [1.807, 2.05) is 24.3 Å². The first-order valence-corrected chi connectivity index (χ1v) is 14.8. The summed E-state index contributed by atoms with van der Waals surface area (Å²) < 4.78 is 0. The molecule has 0 atom stereocenters. The SMILES string of the molecule is C=CC(=O)Nc1ccccc1Nc1nc(Nc2ccc(N3CCN(C)CC3)cc2)ncc1C(=O)Nc1c(C)cc(C(=O)O)cc1Cl. The van der Waals surface area contributed by atoms with Gasteiger partial charge in [-0.3, -0.25) is 9.59 Å². The number of carbonyl (C=O) groups is 3. The average molecular weight is 641 g/mol. The molecule has 1 aliphatic heterocycles. The number of aromatic carboxylic acids is 1. The number of amides is 2. The number of hydrogen-bond acceptors (Lipinski definition) is 9. The third-order valence-electron chi connectivity index (χ3n) is 7.42. The zero-order valence-electron chi connectivity index (χ0n) is 25.3. The maximum Gasteiger partial charge on any atom is 0.335 e. The highest BCUT2D eigenvalue weighted by atomic mass is 35.5. The molecule has 2 heterocycles. The summed E-state index contributed by atoms with van der Waals surface area (Å²) in [6.07, 6.45) is 2.52. The smallest absolute Gasteiger partial charge is 0.335 e. The van der Waals surface area contributed by atoms with Crippen molar-refractivity contribution in [2.75, 3.05) is 59.4 Å². The molecule has 1 fully saturated rings. The summed E-state index contributed by atoms with van der Waals surface area (Å²) in [6, 6.07) is 17.6. The van der Waals surface area contributed by atoms with Crippen molar-refractivity contribution >= 4 is 69.6 Å². The van der Waals surface area contributed by atoms with E-state index < -0.39 is 17.8 Å². The third kappa shape index (κ3) is 7.60. The number of rotatable bonds is 10. The summed E-state index contributed by atoms with van der Waals surface area (Å²) in [5.74, 6) is -1.78. The Bertz CT molecular complexity index is 1770. The molecule has 3 aromatic carbocycles. The number of benzene rings is 3. The van der Waals surface area contributed by atoms with Gasteiger partial charge in [0.05, 0.1) is 27.6 Å². The number of hydrogen-bond donors (Lipinski definition) is 5. The molecule has 236 valence electrons. The van der Waals surface area contributed by atoms with Crippen molar-refractivity contribution in [3.63, 3.8) is 0 Å². The number of nitrogens with one attached hydrogen (secondary N) is 4. The lowest BCUT2D eigenvalue weighted by Gasteiger charge is -2.34. The first-order chi connectivity index (χ1) is 22.1. The van der Waals surface area contributed by atoms with Gasteiger partial charge >= 0.3 is 5.97 Å². The van der Waals surface area contributed by atoms with Gasteiger partial charge in [-0.25, -0.2) is 9.78 Å². The highest BCUT2D eigenvalue weighted by Crippen LogP contribution is 2.31. The van der Waals surface area contributed by atoms with Crippen LogP contribution in [0.5, 0.6) is 0 Å². The molecule has 1 saturated heterocycles. The van der Waals surface area contributed by atoms with Crippen molar-refractivity contribution in [3.05, 3.63) is 101 Å². The van der Waals surface area contributed by atoms with Crippen LogP contribution in [0, 0.1) is 6.92 Å². The number of carboxylic acid groups (broad SMARTS) is 1. The van der Waals surface area contributed by atoms with Gasteiger partial charge in [-0.15, -0.1) is 0 Å². The highest BCUT2D eigenvalue weighted by molar-refractivity contribution is 6.34. The van der Waals surface area contributed by atoms with E-state index in [-0.39, 0.29) is 33.6 Å². The summed E-state index contributed by atoms with van der Waals surface area (Å²) >= 11 is 6.36. The fraction of sp³-hybridized carbons (Fsp3) is 0.182. The predicted molar refractivity (Wildman–Crippen MR) is 181 cm³/mol. The number of carbonyl (C=O) groups excluding carboxylic acids is 2. The van der Waals surface area contributed by atoms with Crippen molar-refractivity contribution in [2.45, 2.75) is 6.92 Å². The van der Waals surface area contributed by atoms with E-state index in [9.17, 15) is 19.5 Å². The van der Waals surface area contributed by atoms with Crippen LogP contribution < -0.4 is 26.2 Å². The number of para-hydroxylation sites is 2. The Balaban J connectivity index is 1.44. The normalized spacial score (nSPS) is 13.1. The highest BCUT2D eigenvalue weighted by Gasteiger charge is 2.20. The fourth-order valence-electron chi connectivity index (χ4n) is 4.87. The molecule has 1 aromatic heterocycles. The topological polar surface area (TPSA) is 152 Å². The van der Waals surface area contributed by atoms with Gasteiger partial charge in [0, 0.05) is 43.8 Å². The zero-order chi connectivity index (χ0) is 32.8. The van der Waals surface area contributed by atoms with Crippen LogP contribution in [0.2, 0.25) is 5.02 Å². The summed E-state index contributed by atoms with van der Waals surface area (Å²) in [6.45, 7) is 9.06. The molecule has 2 amide bonds. The molecule has 13 heteroatoms. The number of aromatic nitrogens is 2. The van der Waals surface area contributed by atoms with E-state index in [1.54, 1.807) is 31.2 Å². The summed E-state index contributed by atoms with van der Waals surface area (Å²) in [4.78, 5) is 50.8. The van der Waals surface area contributed by atoms with Gasteiger partial charge in [0.2, 0.25) is 11.9 Å². The molecule has 0 radical (unpaired) electrons. The molecule has 0 unspecified atom stereocenters. The lowest BCUT2D eigenvalue weighted by atomic mass is 10.1. The molecular weight excluding hydrogens is 608 g/mol. The third-order valence-corrected chi connectivity index (χ3v) is 7.72. The van der Waals surface area contributed by atoms with Crippen molar-refractivity contribution in [2.24, 2.45) is 0 Å². The first-order valence-electron chi connectivity index (χ1n) is 14.4. The van der Waals surface area contributed by atoms with Crippen molar-refractivity contribution < 1.29 is 19.5 Å². The van der Waals surface area contributed by atoms with Crippen molar-refractivity contribution in [3.8, 4) is 0 Å². The molecule has 5 N–H and O–H groups in total. The van der Waals surface area contributed by atoms with Crippen LogP contribution >= 0.6 is 11.6 Å². The van der Waals surface area contributed by atoms with Crippen LogP contribution in [0.3, 0.4) is 0 Å². The Morgan fingerprint density at radius 3 is 2.30 bits per heavy atom. The molecule has 5 rings (SSSR count). The van der Waals surface area contributed by atoms with Crippen LogP contribution in [-0.2, 0) is 4.79 Å². The van der Waals surface area contributed by atoms with Crippen LogP contribution in [-0.4, -0.2) is 71.0 Å². The molecular formula is C33H33ClN8O4. The minimum Gasteiger partial charge on any atom is -0.478 e. The Labute approximate surface area is 271 Å². The predicted octanol–water partition coefficient (Wildman–Crippen LogP) is 5.75. The summed E-state index contributed by atoms with van der Waals surface area (Å²) in [7, 11) is 2.12. The van der Waals surface area contributed by atoms with E-state index in [0.29, 0.717) is 16.9 Å². The van der Waals surface area contributed by atoms with Gasteiger partial charge in [-0.1, -0.05) is 30.3 Å². The van der Waals surface area contributed by atoms with E-state index in [2.05, 4.69) is 54.7 Å². The Morgan fingerprint density at radius 2 is 1.65 bits per heavy atom. The number of anilines is 7. The number of carboxylic acids is 1. The van der Waals surface area contributed by atoms with Gasteiger partial charge in [0.15, 0.2) is 0 Å². The molecule has 0 aliphatic carbocycles. The number of nitrogens with zero attached hydrogens (tertiary/aromatic N) is 4. The number of likely N-dealkylation sites (N-methyl/N-ethyl adjacent to an activating group) is 1. The minimum absolute atomic E-state index is 0.00337. The summed E-state index contributed by atoms with van der Waals surface area (Å²) in [5, 5.41) is 21.3. The Hall–Kier alpha value is -5.46. The van der Waals surface area contributed by atoms with Gasteiger partial charge in [-0.2, -0.15) is 4.98 Å². The van der Waals surface area contributed by atoms with Gasteiger partial charge in [0.1, 0.15) is 11.4 Å². The quantitative estimate of drug-likeness (QED) is 0.135. The number of halogens is 1. The van der Waals surface area contributed by atoms with Gasteiger partial charge in [0.25, 0.3) is 5.91 Å². The van der Waals surface area contributed by atoms with E-state index in [0.717, 1.165) is 43.6 Å². The molecule has 0 bridgehead atoms. The second-order valence-electron chi connectivity index (χ2n) is 10.7. The van der Waals surface area contributed by atoms with E-state index >= 15 is 0 Å². The second-order valence-corrected chi connectivity index (χ2v) is 11.1. The second kappa shape index (κ2) is 14.1. The van der Waals surface area contributed by atoms with E-state index in [4.69, 9.17) is 11.6 Å². The molecule has 4 aromatic rings. The van der Waals surface area contributed by atoms with Crippen LogP contribution in [0.25, 0.3) is 0 Å². The first kappa shape index (κ1) is 31.9. The lowest BCUT2D eigenvalue weighted by Crippen LogP contribution is -2.44.